The van der Waals surface area contributed by atoms with Crippen LogP contribution in [0.3, 0.4) is 0 Å². The molecule has 0 aromatic carbocycles. The summed E-state index contributed by atoms with van der Waals surface area (Å²) in [6.45, 7) is 13.7. The zero-order valence-corrected chi connectivity index (χ0v) is 20.4. The molecule has 0 radical (unpaired) electrons. The van der Waals surface area contributed by atoms with Gasteiger partial charge in [0.1, 0.15) is 0 Å². The zero-order valence-electron chi connectivity index (χ0n) is 18.3. The first-order valence-corrected chi connectivity index (χ1v) is 12.6. The molecule has 3 aliphatic rings. The number of rotatable bonds is 4. The van der Waals surface area contributed by atoms with Crippen LogP contribution in [-0.2, 0) is 0 Å². The highest BCUT2D eigenvalue weighted by Gasteiger charge is 2.50. The molecule has 2 unspecified atom stereocenters. The van der Waals surface area contributed by atoms with Crippen molar-refractivity contribution in [1.82, 2.24) is 0 Å². The lowest BCUT2D eigenvalue weighted by molar-refractivity contribution is 0.112. The lowest BCUT2D eigenvalue weighted by Crippen LogP contribution is -2.35. The minimum Gasteiger partial charge on any atom is -0.388 e. The monoisotopic (exact) mass is 494 g/mol. The number of alkyl halides is 1. The van der Waals surface area contributed by atoms with E-state index in [9.17, 15) is 5.11 Å². The molecule has 3 aliphatic carbocycles. The van der Waals surface area contributed by atoms with Crippen LogP contribution in [0.4, 0.5) is 0 Å². The van der Waals surface area contributed by atoms with Gasteiger partial charge in [-0.1, -0.05) is 86.7 Å². The molecule has 0 spiro atoms. The molecule has 0 heterocycles. The number of hydrogen-bond acceptors (Lipinski definition) is 1. The first-order chi connectivity index (χ1) is 13.2. The Morgan fingerprint density at radius 1 is 1.18 bits per heavy atom. The van der Waals surface area contributed by atoms with Gasteiger partial charge in [0.2, 0.25) is 0 Å². The molecule has 0 saturated heterocycles. The van der Waals surface area contributed by atoms with Crippen molar-refractivity contribution in [2.45, 2.75) is 82.7 Å². The van der Waals surface area contributed by atoms with Crippen LogP contribution in [0, 0.1) is 29.1 Å². The lowest BCUT2D eigenvalue weighted by Gasteiger charge is -2.44. The van der Waals surface area contributed by atoms with Gasteiger partial charge in [0, 0.05) is 3.92 Å². The molecule has 1 nitrogen and oxygen atoms in total. The van der Waals surface area contributed by atoms with Gasteiger partial charge in [-0.05, 0) is 85.2 Å². The minimum absolute atomic E-state index is 0.360. The van der Waals surface area contributed by atoms with Crippen molar-refractivity contribution < 1.29 is 5.11 Å². The maximum atomic E-state index is 10.3. The van der Waals surface area contributed by atoms with Gasteiger partial charge >= 0.3 is 0 Å². The van der Waals surface area contributed by atoms with E-state index in [-0.39, 0.29) is 6.10 Å². The summed E-state index contributed by atoms with van der Waals surface area (Å²) in [5, 5.41) is 10.3. The quantitative estimate of drug-likeness (QED) is 0.245. The predicted molar refractivity (Wildman–Crippen MR) is 130 cm³/mol. The zero-order chi connectivity index (χ0) is 20.5. The maximum absolute atomic E-state index is 10.3. The number of aliphatic hydroxyl groups is 1. The predicted octanol–water partition coefficient (Wildman–Crippen LogP) is 7.42. The molecular weight excluding hydrogens is 455 g/mol. The van der Waals surface area contributed by atoms with Crippen molar-refractivity contribution >= 4 is 22.6 Å². The summed E-state index contributed by atoms with van der Waals surface area (Å²) < 4.78 is 0.517. The fourth-order valence-electron chi connectivity index (χ4n) is 6.11. The average molecular weight is 495 g/mol. The second-order valence-corrected chi connectivity index (χ2v) is 11.9. The van der Waals surface area contributed by atoms with Crippen LogP contribution in [0.15, 0.2) is 47.6 Å². The largest absolute Gasteiger partial charge is 0.388 e. The van der Waals surface area contributed by atoms with Crippen LogP contribution in [0.5, 0.6) is 0 Å². The Kier molecular flexibility index (Phi) is 7.34. The Hall–Kier alpha value is -0.350. The summed E-state index contributed by atoms with van der Waals surface area (Å²) in [5.41, 5.74) is 4.31. The molecule has 0 amide bonds. The van der Waals surface area contributed by atoms with E-state index in [2.05, 4.69) is 81.2 Å². The molecule has 3 rings (SSSR count). The van der Waals surface area contributed by atoms with Gasteiger partial charge in [0.25, 0.3) is 0 Å². The SMILES string of the molecule is C=C1/C(=C\C=C2/CCCC3(C)C2CC[C@@H]3[C@H](C)/C=C/C(C)C)C[C@@H](I)C[C@@H]1O. The summed E-state index contributed by atoms with van der Waals surface area (Å²) in [4.78, 5) is 0. The number of halogens is 1. The Balaban J connectivity index is 1.79. The standard InChI is InChI=1S/C26H39IO/c1-17(2)8-9-18(3)23-12-13-24-20(7-6-14-26(23,24)5)10-11-21-15-22(27)16-25(28)19(21)4/h8-11,17-18,22-25,28H,4,6-7,12-16H2,1-3,5H3/b9-8+,20-10+,21-11-/t18-,22-,23-,24?,25+,26?/m1/s1. The first kappa shape index (κ1) is 22.3. The van der Waals surface area contributed by atoms with Crippen molar-refractivity contribution in [3.8, 4) is 0 Å². The Bertz CT molecular complexity index is 670. The van der Waals surface area contributed by atoms with E-state index >= 15 is 0 Å². The lowest BCUT2D eigenvalue weighted by atomic mass is 9.61. The Labute approximate surface area is 186 Å². The molecule has 0 aliphatic heterocycles. The molecule has 156 valence electrons. The van der Waals surface area contributed by atoms with Gasteiger partial charge in [-0.15, -0.1) is 0 Å². The second kappa shape index (κ2) is 9.20. The van der Waals surface area contributed by atoms with E-state index in [4.69, 9.17) is 0 Å². The molecular formula is C26H39IO. The molecule has 6 atom stereocenters. The number of aliphatic hydroxyl groups excluding tert-OH is 1. The fourth-order valence-corrected chi connectivity index (χ4v) is 7.07. The van der Waals surface area contributed by atoms with Crippen LogP contribution in [-0.4, -0.2) is 15.1 Å². The highest BCUT2D eigenvalue weighted by Crippen LogP contribution is 2.59. The van der Waals surface area contributed by atoms with E-state index in [0.717, 1.165) is 30.3 Å². The van der Waals surface area contributed by atoms with Crippen molar-refractivity contribution in [3.05, 3.63) is 47.6 Å². The molecule has 2 heteroatoms. The topological polar surface area (TPSA) is 20.2 Å². The second-order valence-electron chi connectivity index (χ2n) is 10.1. The summed E-state index contributed by atoms with van der Waals surface area (Å²) in [7, 11) is 0. The molecule has 3 fully saturated rings. The van der Waals surface area contributed by atoms with Gasteiger partial charge in [-0.2, -0.15) is 0 Å². The van der Waals surface area contributed by atoms with Crippen LogP contribution >= 0.6 is 22.6 Å². The summed E-state index contributed by atoms with van der Waals surface area (Å²) in [5.74, 6) is 2.84. The van der Waals surface area contributed by atoms with Crippen LogP contribution in [0.2, 0.25) is 0 Å². The molecule has 0 aromatic rings. The third-order valence-electron chi connectivity index (χ3n) is 7.71. The molecule has 0 aromatic heterocycles. The van der Waals surface area contributed by atoms with Gasteiger partial charge in [-0.25, -0.2) is 0 Å². The fraction of sp³-hybridized carbons (Fsp3) is 0.692. The summed E-state index contributed by atoms with van der Waals surface area (Å²) >= 11 is 2.47. The van der Waals surface area contributed by atoms with Gasteiger partial charge in [0.15, 0.2) is 0 Å². The highest BCUT2D eigenvalue weighted by atomic mass is 127. The number of fused-ring (bicyclic) bond motifs is 1. The van der Waals surface area contributed by atoms with E-state index in [0.29, 0.717) is 21.2 Å². The van der Waals surface area contributed by atoms with E-state index in [1.54, 1.807) is 5.57 Å². The summed E-state index contributed by atoms with van der Waals surface area (Å²) in [6, 6.07) is 0. The van der Waals surface area contributed by atoms with Crippen molar-refractivity contribution in [2.24, 2.45) is 29.1 Å². The van der Waals surface area contributed by atoms with Crippen LogP contribution in [0.1, 0.15) is 72.6 Å². The van der Waals surface area contributed by atoms with Crippen molar-refractivity contribution in [2.75, 3.05) is 0 Å². The van der Waals surface area contributed by atoms with Crippen LogP contribution < -0.4 is 0 Å². The molecule has 28 heavy (non-hydrogen) atoms. The van der Waals surface area contributed by atoms with Gasteiger partial charge < -0.3 is 5.11 Å². The molecule has 0 bridgehead atoms. The van der Waals surface area contributed by atoms with E-state index < -0.39 is 0 Å². The molecule has 1 N–H and O–H groups in total. The van der Waals surface area contributed by atoms with E-state index in [1.807, 2.05) is 0 Å². The van der Waals surface area contributed by atoms with Crippen molar-refractivity contribution in [3.63, 3.8) is 0 Å². The van der Waals surface area contributed by atoms with Crippen LogP contribution in [0.25, 0.3) is 0 Å². The smallest absolute Gasteiger partial charge is 0.0797 e. The van der Waals surface area contributed by atoms with Gasteiger partial charge in [0.05, 0.1) is 6.10 Å². The number of hydrogen-bond donors (Lipinski definition) is 1. The summed E-state index contributed by atoms with van der Waals surface area (Å²) in [6.07, 6.45) is 17.8. The highest BCUT2D eigenvalue weighted by molar-refractivity contribution is 14.1. The Morgan fingerprint density at radius 2 is 1.93 bits per heavy atom. The average Bonchev–Trinajstić information content (AvgIpc) is 2.99. The van der Waals surface area contributed by atoms with E-state index in [1.165, 1.54) is 37.7 Å². The first-order valence-electron chi connectivity index (χ1n) is 11.3. The molecule has 3 saturated carbocycles. The maximum Gasteiger partial charge on any atom is 0.0797 e. The van der Waals surface area contributed by atoms with Gasteiger partial charge in [-0.3, -0.25) is 0 Å². The third kappa shape index (κ3) is 4.69. The Morgan fingerprint density at radius 3 is 2.64 bits per heavy atom. The third-order valence-corrected chi connectivity index (χ3v) is 8.65. The normalized spacial score (nSPS) is 40.6. The van der Waals surface area contributed by atoms with Crippen molar-refractivity contribution in [1.29, 1.82) is 0 Å². The number of allylic oxidation sites excluding steroid dienone is 5. The minimum atomic E-state index is -0.360.